The fourth-order valence-electron chi connectivity index (χ4n) is 3.43. The fourth-order valence-corrected chi connectivity index (χ4v) is 3.43. The second kappa shape index (κ2) is 5.69. The van der Waals surface area contributed by atoms with Crippen molar-refractivity contribution in [2.75, 3.05) is 7.05 Å². The second-order valence-corrected chi connectivity index (χ2v) is 5.53. The Kier molecular flexibility index (Phi) is 4.85. The number of hydrogen-bond acceptors (Lipinski definition) is 1. The molecule has 0 aromatic heterocycles. The van der Waals surface area contributed by atoms with Gasteiger partial charge in [0.15, 0.2) is 0 Å². The van der Waals surface area contributed by atoms with Gasteiger partial charge in [0.1, 0.15) is 0 Å². The van der Waals surface area contributed by atoms with Gasteiger partial charge >= 0.3 is 0 Å². The Labute approximate surface area is 95.3 Å². The van der Waals surface area contributed by atoms with Crippen LogP contribution in [0.2, 0.25) is 0 Å². The van der Waals surface area contributed by atoms with Crippen LogP contribution in [0.15, 0.2) is 12.7 Å². The van der Waals surface area contributed by atoms with Gasteiger partial charge in [-0.1, -0.05) is 32.8 Å². The molecule has 1 unspecified atom stereocenters. The van der Waals surface area contributed by atoms with Gasteiger partial charge in [0, 0.05) is 6.04 Å². The summed E-state index contributed by atoms with van der Waals surface area (Å²) in [6, 6.07) is 0.639. The molecule has 0 amide bonds. The maximum Gasteiger partial charge on any atom is 0.0155 e. The van der Waals surface area contributed by atoms with Crippen molar-refractivity contribution < 1.29 is 0 Å². The van der Waals surface area contributed by atoms with E-state index >= 15 is 0 Å². The topological polar surface area (TPSA) is 12.0 Å². The van der Waals surface area contributed by atoms with E-state index in [2.05, 4.69) is 38.9 Å². The Morgan fingerprint density at radius 2 is 1.93 bits per heavy atom. The molecule has 0 bridgehead atoms. The lowest BCUT2D eigenvalue weighted by atomic mass is 9.71. The highest BCUT2D eigenvalue weighted by Crippen LogP contribution is 2.46. The van der Waals surface area contributed by atoms with E-state index in [-0.39, 0.29) is 0 Å². The van der Waals surface area contributed by atoms with E-state index in [1.807, 2.05) is 0 Å². The third-order valence-corrected chi connectivity index (χ3v) is 3.90. The van der Waals surface area contributed by atoms with Crippen molar-refractivity contribution in [1.82, 2.24) is 5.32 Å². The molecule has 1 nitrogen and oxygen atoms in total. The van der Waals surface area contributed by atoms with Crippen molar-refractivity contribution in [1.29, 1.82) is 0 Å². The van der Waals surface area contributed by atoms with Crippen LogP contribution in [0.5, 0.6) is 0 Å². The van der Waals surface area contributed by atoms with Gasteiger partial charge in [0.2, 0.25) is 0 Å². The Hall–Kier alpha value is -0.300. The van der Waals surface area contributed by atoms with E-state index < -0.39 is 0 Å². The summed E-state index contributed by atoms with van der Waals surface area (Å²) in [6.07, 6.45) is 10.2. The van der Waals surface area contributed by atoms with Crippen LogP contribution >= 0.6 is 0 Å². The lowest BCUT2D eigenvalue weighted by Gasteiger charge is -2.38. The maximum absolute atomic E-state index is 3.89. The highest BCUT2D eigenvalue weighted by atomic mass is 14.9. The first-order chi connectivity index (χ1) is 7.14. The zero-order valence-electron chi connectivity index (χ0n) is 10.7. The molecule has 0 saturated heterocycles. The van der Waals surface area contributed by atoms with Crippen LogP contribution in [0.25, 0.3) is 0 Å². The molecule has 1 saturated carbocycles. The van der Waals surface area contributed by atoms with Crippen LogP contribution in [0.3, 0.4) is 0 Å². The van der Waals surface area contributed by atoms with Gasteiger partial charge < -0.3 is 5.32 Å². The highest BCUT2D eigenvalue weighted by molar-refractivity contribution is 4.97. The maximum atomic E-state index is 3.89. The van der Waals surface area contributed by atoms with E-state index in [4.69, 9.17) is 0 Å². The first kappa shape index (κ1) is 12.8. The van der Waals surface area contributed by atoms with E-state index in [1.54, 1.807) is 0 Å². The van der Waals surface area contributed by atoms with E-state index in [1.165, 1.54) is 32.1 Å². The van der Waals surface area contributed by atoms with Crippen molar-refractivity contribution in [3.8, 4) is 0 Å². The molecular formula is C14H27N. The first-order valence-corrected chi connectivity index (χ1v) is 6.43. The SMILES string of the molecule is C=CCC(NC)C1(CC(C)C)CCCC1. The summed E-state index contributed by atoms with van der Waals surface area (Å²) in [4.78, 5) is 0. The van der Waals surface area contributed by atoms with Crippen LogP contribution in [0, 0.1) is 11.3 Å². The average Bonchev–Trinajstić information content (AvgIpc) is 2.62. The summed E-state index contributed by atoms with van der Waals surface area (Å²) in [6.45, 7) is 8.59. The smallest absolute Gasteiger partial charge is 0.0155 e. The molecule has 0 aromatic rings. The zero-order chi connectivity index (χ0) is 11.3. The Bertz CT molecular complexity index is 190. The van der Waals surface area contributed by atoms with Crippen LogP contribution in [0.4, 0.5) is 0 Å². The Morgan fingerprint density at radius 1 is 1.33 bits per heavy atom. The van der Waals surface area contributed by atoms with Crippen molar-refractivity contribution in [2.24, 2.45) is 11.3 Å². The summed E-state index contributed by atoms with van der Waals surface area (Å²) in [5, 5.41) is 3.52. The molecule has 0 heterocycles. The number of rotatable bonds is 6. The summed E-state index contributed by atoms with van der Waals surface area (Å²) in [7, 11) is 2.11. The van der Waals surface area contributed by atoms with Gasteiger partial charge in [-0.15, -0.1) is 6.58 Å². The van der Waals surface area contributed by atoms with Crippen LogP contribution in [0.1, 0.15) is 52.4 Å². The predicted molar refractivity (Wildman–Crippen MR) is 68.0 cm³/mol. The monoisotopic (exact) mass is 209 g/mol. The van der Waals surface area contributed by atoms with Crippen molar-refractivity contribution in [3.05, 3.63) is 12.7 Å². The average molecular weight is 209 g/mol. The quantitative estimate of drug-likeness (QED) is 0.657. The summed E-state index contributed by atoms with van der Waals surface area (Å²) in [5.41, 5.74) is 0.553. The van der Waals surface area contributed by atoms with Gasteiger partial charge in [-0.05, 0) is 44.1 Å². The molecule has 0 spiro atoms. The van der Waals surface area contributed by atoms with E-state index in [0.29, 0.717) is 11.5 Å². The van der Waals surface area contributed by atoms with Gasteiger partial charge in [-0.2, -0.15) is 0 Å². The van der Waals surface area contributed by atoms with Gasteiger partial charge in [0.05, 0.1) is 0 Å². The molecule has 1 aliphatic rings. The normalized spacial score (nSPS) is 21.9. The van der Waals surface area contributed by atoms with Gasteiger partial charge in [-0.3, -0.25) is 0 Å². The van der Waals surface area contributed by atoms with Crippen molar-refractivity contribution in [2.45, 2.75) is 58.4 Å². The lowest BCUT2D eigenvalue weighted by Crippen LogP contribution is -2.42. The van der Waals surface area contributed by atoms with Crippen LogP contribution in [-0.2, 0) is 0 Å². The predicted octanol–water partition coefficient (Wildman–Crippen LogP) is 3.76. The number of hydrogen-bond donors (Lipinski definition) is 1. The highest BCUT2D eigenvalue weighted by Gasteiger charge is 2.40. The van der Waals surface area contributed by atoms with Crippen LogP contribution in [-0.4, -0.2) is 13.1 Å². The lowest BCUT2D eigenvalue weighted by molar-refractivity contribution is 0.162. The molecule has 15 heavy (non-hydrogen) atoms. The Morgan fingerprint density at radius 3 is 2.33 bits per heavy atom. The number of nitrogens with one attached hydrogen (secondary N) is 1. The Balaban J connectivity index is 2.73. The van der Waals surface area contributed by atoms with E-state index in [0.717, 1.165) is 12.3 Å². The molecule has 1 heteroatoms. The van der Waals surface area contributed by atoms with Crippen LogP contribution < -0.4 is 5.32 Å². The molecule has 1 rings (SSSR count). The molecule has 0 aromatic carbocycles. The second-order valence-electron chi connectivity index (χ2n) is 5.53. The van der Waals surface area contributed by atoms with Gasteiger partial charge in [-0.25, -0.2) is 0 Å². The van der Waals surface area contributed by atoms with Crippen molar-refractivity contribution >= 4 is 0 Å². The zero-order valence-corrected chi connectivity index (χ0v) is 10.7. The van der Waals surface area contributed by atoms with E-state index in [9.17, 15) is 0 Å². The molecule has 0 aliphatic heterocycles. The third kappa shape index (κ3) is 3.07. The minimum atomic E-state index is 0.553. The van der Waals surface area contributed by atoms with Crippen molar-refractivity contribution in [3.63, 3.8) is 0 Å². The molecule has 1 aliphatic carbocycles. The fraction of sp³-hybridized carbons (Fsp3) is 0.857. The summed E-state index contributed by atoms with van der Waals surface area (Å²) in [5.74, 6) is 0.809. The minimum absolute atomic E-state index is 0.553. The first-order valence-electron chi connectivity index (χ1n) is 6.43. The molecule has 1 atom stereocenters. The standard InChI is InChI=1S/C14H27N/c1-5-8-13(15-4)14(11-12(2)3)9-6-7-10-14/h5,12-13,15H,1,6-11H2,2-4H3. The summed E-state index contributed by atoms with van der Waals surface area (Å²) < 4.78 is 0. The molecule has 88 valence electrons. The third-order valence-electron chi connectivity index (χ3n) is 3.90. The molecular weight excluding hydrogens is 182 g/mol. The molecule has 1 N–H and O–H groups in total. The minimum Gasteiger partial charge on any atom is -0.316 e. The molecule has 1 fully saturated rings. The largest absolute Gasteiger partial charge is 0.316 e. The van der Waals surface area contributed by atoms with Gasteiger partial charge in [0.25, 0.3) is 0 Å². The molecule has 0 radical (unpaired) electrons. The summed E-state index contributed by atoms with van der Waals surface area (Å²) >= 11 is 0.